The van der Waals surface area contributed by atoms with Gasteiger partial charge in [-0.15, -0.1) is 0 Å². The fraction of sp³-hybridized carbons (Fsp3) is 0.500. The molecular weight excluding hydrogens is 366 g/mol. The number of piperidine rings is 1. The normalized spacial score (nSPS) is 15.4. The maximum absolute atomic E-state index is 12.0. The number of aliphatic imine (C=N–C) groups is 1. The Morgan fingerprint density at radius 3 is 2.62 bits per heavy atom. The fourth-order valence-corrected chi connectivity index (χ4v) is 3.83. The molecule has 1 N–H and O–H groups in total. The van der Waals surface area contributed by atoms with Crippen LogP contribution in [0.25, 0.3) is 5.69 Å². The molecule has 7 heteroatoms. The molecule has 1 fully saturated rings. The first-order valence-electron chi connectivity index (χ1n) is 10.3. The van der Waals surface area contributed by atoms with E-state index in [-0.39, 0.29) is 11.9 Å². The van der Waals surface area contributed by atoms with Crippen LogP contribution in [-0.4, -0.2) is 53.4 Å². The summed E-state index contributed by atoms with van der Waals surface area (Å²) in [7, 11) is 1.80. The van der Waals surface area contributed by atoms with Gasteiger partial charge in [0.15, 0.2) is 5.96 Å². The molecule has 0 amide bonds. The first kappa shape index (κ1) is 20.9. The molecule has 0 saturated carbocycles. The van der Waals surface area contributed by atoms with Crippen LogP contribution >= 0.6 is 0 Å². The maximum atomic E-state index is 12.0. The highest BCUT2D eigenvalue weighted by molar-refractivity contribution is 5.80. The third-order valence-electron chi connectivity index (χ3n) is 5.29. The molecule has 0 atom stereocenters. The smallest absolute Gasteiger partial charge is 0.309 e. The molecule has 1 aromatic carbocycles. The molecule has 0 radical (unpaired) electrons. The monoisotopic (exact) mass is 397 g/mol. The minimum atomic E-state index is -0.0751. The molecule has 0 unspecified atom stereocenters. The van der Waals surface area contributed by atoms with Gasteiger partial charge < -0.3 is 15.0 Å². The van der Waals surface area contributed by atoms with Gasteiger partial charge in [-0.2, -0.15) is 5.10 Å². The Hall–Kier alpha value is -2.83. The van der Waals surface area contributed by atoms with Gasteiger partial charge in [-0.25, -0.2) is 4.68 Å². The number of aryl methyl sites for hydroxylation is 2. The number of guanidine groups is 1. The molecule has 1 aliphatic rings. The SMILES string of the molecule is CCOC(=O)C1CCN(C(=NC)NCc2ccccc2-n2nc(C)cc2C)CC1. The van der Waals surface area contributed by atoms with Crippen molar-refractivity contribution in [3.8, 4) is 5.69 Å². The molecule has 0 bridgehead atoms. The Kier molecular flexibility index (Phi) is 6.90. The lowest BCUT2D eigenvalue weighted by Crippen LogP contribution is -2.46. The second kappa shape index (κ2) is 9.58. The van der Waals surface area contributed by atoms with Crippen LogP contribution in [0.3, 0.4) is 0 Å². The highest BCUT2D eigenvalue weighted by Crippen LogP contribution is 2.20. The summed E-state index contributed by atoms with van der Waals surface area (Å²) < 4.78 is 7.15. The molecule has 156 valence electrons. The van der Waals surface area contributed by atoms with Crippen molar-refractivity contribution in [3.63, 3.8) is 0 Å². The van der Waals surface area contributed by atoms with E-state index in [1.807, 2.05) is 30.7 Å². The zero-order chi connectivity index (χ0) is 20.8. The first-order valence-corrected chi connectivity index (χ1v) is 10.3. The van der Waals surface area contributed by atoms with E-state index in [2.05, 4.69) is 45.4 Å². The van der Waals surface area contributed by atoms with Crippen LogP contribution in [0.15, 0.2) is 35.3 Å². The van der Waals surface area contributed by atoms with E-state index < -0.39 is 0 Å². The lowest BCUT2D eigenvalue weighted by Gasteiger charge is -2.33. The van der Waals surface area contributed by atoms with Crippen molar-refractivity contribution in [2.45, 2.75) is 40.2 Å². The Balaban J connectivity index is 1.64. The largest absolute Gasteiger partial charge is 0.466 e. The van der Waals surface area contributed by atoms with Gasteiger partial charge in [0.25, 0.3) is 0 Å². The second-order valence-corrected chi connectivity index (χ2v) is 7.38. The molecular formula is C22H31N5O2. The number of benzene rings is 1. The number of carbonyl (C=O) groups excluding carboxylic acids is 1. The summed E-state index contributed by atoms with van der Waals surface area (Å²) in [5.74, 6) is 0.778. The summed E-state index contributed by atoms with van der Waals surface area (Å²) in [6.07, 6.45) is 1.59. The van der Waals surface area contributed by atoms with Crippen molar-refractivity contribution >= 4 is 11.9 Å². The number of aromatic nitrogens is 2. The number of ether oxygens (including phenoxy) is 1. The van der Waals surface area contributed by atoms with E-state index in [1.165, 1.54) is 0 Å². The van der Waals surface area contributed by atoms with E-state index in [4.69, 9.17) is 4.74 Å². The van der Waals surface area contributed by atoms with E-state index in [0.717, 1.165) is 54.5 Å². The standard InChI is InChI=1S/C22H31N5O2/c1-5-29-21(28)18-10-12-26(13-11-18)22(23-4)24-15-19-8-6-7-9-20(19)27-17(3)14-16(2)25-27/h6-9,14,18H,5,10-13,15H2,1-4H3,(H,23,24). The van der Waals surface area contributed by atoms with Crippen molar-refractivity contribution in [2.24, 2.45) is 10.9 Å². The van der Waals surface area contributed by atoms with Gasteiger partial charge >= 0.3 is 5.97 Å². The number of likely N-dealkylation sites (tertiary alicyclic amines) is 1. The Labute approximate surface area is 172 Å². The predicted molar refractivity (Wildman–Crippen MR) is 114 cm³/mol. The number of hydrogen-bond acceptors (Lipinski definition) is 4. The molecule has 7 nitrogen and oxygen atoms in total. The first-order chi connectivity index (χ1) is 14.0. The predicted octanol–water partition coefficient (Wildman–Crippen LogP) is 2.84. The van der Waals surface area contributed by atoms with Crippen LogP contribution in [0.1, 0.15) is 36.7 Å². The van der Waals surface area contributed by atoms with Crippen molar-refractivity contribution in [3.05, 3.63) is 47.3 Å². The Morgan fingerprint density at radius 1 is 1.28 bits per heavy atom. The summed E-state index contributed by atoms with van der Waals surface area (Å²) in [5, 5.41) is 8.10. The number of nitrogens with one attached hydrogen (secondary N) is 1. The third kappa shape index (κ3) is 4.96. The molecule has 0 spiro atoms. The maximum Gasteiger partial charge on any atom is 0.309 e. The molecule has 1 saturated heterocycles. The number of rotatable bonds is 5. The zero-order valence-corrected chi connectivity index (χ0v) is 17.8. The molecule has 1 aliphatic heterocycles. The molecule has 3 rings (SSSR count). The van der Waals surface area contributed by atoms with Crippen LogP contribution < -0.4 is 5.32 Å². The minimum Gasteiger partial charge on any atom is -0.466 e. The second-order valence-electron chi connectivity index (χ2n) is 7.38. The topological polar surface area (TPSA) is 71.8 Å². The lowest BCUT2D eigenvalue weighted by atomic mass is 9.97. The van der Waals surface area contributed by atoms with E-state index in [0.29, 0.717) is 13.2 Å². The quantitative estimate of drug-likeness (QED) is 0.477. The van der Waals surface area contributed by atoms with Crippen LogP contribution in [0, 0.1) is 19.8 Å². The van der Waals surface area contributed by atoms with E-state index in [1.54, 1.807) is 7.05 Å². The van der Waals surface area contributed by atoms with Gasteiger partial charge in [0.05, 0.1) is 23.9 Å². The zero-order valence-electron chi connectivity index (χ0n) is 17.8. The molecule has 2 aromatic rings. The van der Waals surface area contributed by atoms with Crippen molar-refractivity contribution in [1.29, 1.82) is 0 Å². The number of nitrogens with zero attached hydrogens (tertiary/aromatic N) is 4. The highest BCUT2D eigenvalue weighted by Gasteiger charge is 2.27. The summed E-state index contributed by atoms with van der Waals surface area (Å²) >= 11 is 0. The average molecular weight is 398 g/mol. The summed E-state index contributed by atoms with van der Waals surface area (Å²) in [6, 6.07) is 10.4. The van der Waals surface area contributed by atoms with Gasteiger partial charge in [-0.05, 0) is 51.3 Å². The Bertz CT molecular complexity index is 866. The van der Waals surface area contributed by atoms with Crippen LogP contribution in [0.2, 0.25) is 0 Å². The molecule has 2 heterocycles. The van der Waals surface area contributed by atoms with Crippen LogP contribution in [0.5, 0.6) is 0 Å². The number of para-hydroxylation sites is 1. The van der Waals surface area contributed by atoms with Crippen molar-refractivity contribution in [1.82, 2.24) is 20.0 Å². The average Bonchev–Trinajstić information content (AvgIpc) is 3.07. The van der Waals surface area contributed by atoms with Gasteiger partial charge in [0.2, 0.25) is 0 Å². The van der Waals surface area contributed by atoms with Gasteiger partial charge in [-0.1, -0.05) is 18.2 Å². The van der Waals surface area contributed by atoms with E-state index >= 15 is 0 Å². The van der Waals surface area contributed by atoms with Crippen LogP contribution in [-0.2, 0) is 16.1 Å². The highest BCUT2D eigenvalue weighted by atomic mass is 16.5. The number of hydrogen-bond donors (Lipinski definition) is 1. The molecule has 29 heavy (non-hydrogen) atoms. The third-order valence-corrected chi connectivity index (χ3v) is 5.29. The Morgan fingerprint density at radius 2 is 2.00 bits per heavy atom. The number of carbonyl (C=O) groups is 1. The van der Waals surface area contributed by atoms with Crippen molar-refractivity contribution in [2.75, 3.05) is 26.7 Å². The summed E-state index contributed by atoms with van der Waals surface area (Å²) in [5.41, 5.74) is 4.34. The van der Waals surface area contributed by atoms with Gasteiger partial charge in [0, 0.05) is 32.4 Å². The van der Waals surface area contributed by atoms with Crippen molar-refractivity contribution < 1.29 is 9.53 Å². The minimum absolute atomic E-state index is 0.00365. The van der Waals surface area contributed by atoms with Gasteiger partial charge in [-0.3, -0.25) is 9.79 Å². The molecule has 1 aromatic heterocycles. The van der Waals surface area contributed by atoms with E-state index in [9.17, 15) is 4.79 Å². The fourth-order valence-electron chi connectivity index (χ4n) is 3.83. The van der Waals surface area contributed by atoms with Crippen LogP contribution in [0.4, 0.5) is 0 Å². The summed E-state index contributed by atoms with van der Waals surface area (Å²) in [4.78, 5) is 18.6. The summed E-state index contributed by atoms with van der Waals surface area (Å²) in [6.45, 7) is 8.60. The van der Waals surface area contributed by atoms with Gasteiger partial charge in [0.1, 0.15) is 0 Å². The molecule has 0 aliphatic carbocycles. The lowest BCUT2D eigenvalue weighted by molar-refractivity contribution is -0.149. The number of esters is 1.